The monoisotopic (exact) mass is 233 g/mol. The highest BCUT2D eigenvalue weighted by atomic mass is 19.4. The molecular weight excluding hydrogens is 225 g/mol. The van der Waals surface area contributed by atoms with E-state index in [1.807, 2.05) is 0 Å². The molecule has 0 aromatic heterocycles. The van der Waals surface area contributed by atoms with Crippen molar-refractivity contribution in [1.29, 1.82) is 0 Å². The molecule has 0 bridgehead atoms. The van der Waals surface area contributed by atoms with Gasteiger partial charge in [-0.25, -0.2) is 4.79 Å². The van der Waals surface area contributed by atoms with Gasteiger partial charge in [-0.05, 0) is 25.1 Å². The van der Waals surface area contributed by atoms with Crippen molar-refractivity contribution in [3.63, 3.8) is 0 Å². The van der Waals surface area contributed by atoms with E-state index in [0.717, 1.165) is 12.1 Å². The molecule has 3 nitrogen and oxygen atoms in total. The molecule has 0 amide bonds. The van der Waals surface area contributed by atoms with Gasteiger partial charge in [0, 0.05) is 0 Å². The van der Waals surface area contributed by atoms with E-state index in [4.69, 9.17) is 0 Å². The smallest absolute Gasteiger partial charge is 0.462 e. The van der Waals surface area contributed by atoms with Crippen LogP contribution in [0, 0.1) is 6.07 Å². The number of carbonyl (C=O) groups excluding carboxylic acids is 1. The lowest BCUT2D eigenvalue weighted by molar-refractivity contribution is -0.274. The largest absolute Gasteiger partial charge is 0.573 e. The third-order valence-electron chi connectivity index (χ3n) is 1.55. The molecule has 1 radical (unpaired) electrons. The van der Waals surface area contributed by atoms with Gasteiger partial charge in [-0.3, -0.25) is 0 Å². The van der Waals surface area contributed by atoms with Gasteiger partial charge in [0.2, 0.25) is 0 Å². The van der Waals surface area contributed by atoms with Crippen LogP contribution in [0.25, 0.3) is 0 Å². The first kappa shape index (κ1) is 12.4. The Kier molecular flexibility index (Phi) is 3.76. The Bertz CT molecular complexity index is 374. The molecule has 1 rings (SSSR count). The molecule has 0 unspecified atom stereocenters. The van der Waals surface area contributed by atoms with Crippen molar-refractivity contribution in [3.8, 4) is 5.75 Å². The van der Waals surface area contributed by atoms with Crippen molar-refractivity contribution in [2.75, 3.05) is 6.61 Å². The summed E-state index contributed by atoms with van der Waals surface area (Å²) in [4.78, 5) is 11.3. The minimum absolute atomic E-state index is 0.0723. The first-order valence-electron chi connectivity index (χ1n) is 4.37. The van der Waals surface area contributed by atoms with Crippen LogP contribution >= 0.6 is 0 Å². The number of ether oxygens (including phenoxy) is 2. The molecule has 87 valence electrons. The third-order valence-corrected chi connectivity index (χ3v) is 1.55. The molecule has 6 heteroatoms. The molecule has 0 fully saturated rings. The zero-order chi connectivity index (χ0) is 12.2. The van der Waals surface area contributed by atoms with E-state index >= 15 is 0 Å². The first-order chi connectivity index (χ1) is 7.44. The molecule has 0 aliphatic heterocycles. The van der Waals surface area contributed by atoms with Crippen LogP contribution in [0.1, 0.15) is 17.3 Å². The highest BCUT2D eigenvalue weighted by Crippen LogP contribution is 2.26. The average Bonchev–Trinajstić information content (AvgIpc) is 2.16. The maximum Gasteiger partial charge on any atom is 0.573 e. The summed E-state index contributed by atoms with van der Waals surface area (Å²) in [7, 11) is 0. The number of halogens is 3. The summed E-state index contributed by atoms with van der Waals surface area (Å²) in [5, 5.41) is 0. The molecule has 0 aliphatic rings. The Morgan fingerprint density at radius 3 is 2.75 bits per heavy atom. The number of esters is 1. The molecule has 1 aromatic rings. The van der Waals surface area contributed by atoms with Gasteiger partial charge in [0.25, 0.3) is 0 Å². The van der Waals surface area contributed by atoms with Crippen molar-refractivity contribution in [3.05, 3.63) is 29.8 Å². The van der Waals surface area contributed by atoms with Crippen LogP contribution in [0.4, 0.5) is 13.2 Å². The van der Waals surface area contributed by atoms with Crippen molar-refractivity contribution in [1.82, 2.24) is 0 Å². The second kappa shape index (κ2) is 4.87. The molecular formula is C10H8F3O3. The van der Waals surface area contributed by atoms with E-state index < -0.39 is 18.1 Å². The fraction of sp³-hybridized carbons (Fsp3) is 0.300. The number of alkyl halides is 3. The number of rotatable bonds is 3. The summed E-state index contributed by atoms with van der Waals surface area (Å²) in [5.41, 5.74) is -0.280. The van der Waals surface area contributed by atoms with Gasteiger partial charge >= 0.3 is 12.3 Å². The average molecular weight is 233 g/mol. The fourth-order valence-electron chi connectivity index (χ4n) is 1.00. The molecule has 0 spiro atoms. The maximum atomic E-state index is 12.0. The Morgan fingerprint density at radius 1 is 1.50 bits per heavy atom. The molecule has 0 aliphatic carbocycles. The third kappa shape index (κ3) is 3.45. The Hall–Kier alpha value is -1.72. The summed E-state index contributed by atoms with van der Waals surface area (Å²) < 4.78 is 44.2. The lowest BCUT2D eigenvalue weighted by Gasteiger charge is -2.11. The van der Waals surface area contributed by atoms with Crippen LogP contribution in [0.2, 0.25) is 0 Å². The van der Waals surface area contributed by atoms with E-state index in [9.17, 15) is 18.0 Å². The Labute approximate surface area is 89.8 Å². The second-order valence-electron chi connectivity index (χ2n) is 2.69. The molecule has 0 N–H and O–H groups in total. The van der Waals surface area contributed by atoms with Gasteiger partial charge < -0.3 is 9.47 Å². The van der Waals surface area contributed by atoms with E-state index in [1.165, 1.54) is 6.07 Å². The van der Waals surface area contributed by atoms with Crippen molar-refractivity contribution in [2.24, 2.45) is 0 Å². The SMILES string of the molecule is CCOC(=O)c1cc[c]cc1OC(F)(F)F. The minimum Gasteiger partial charge on any atom is -0.462 e. The number of benzene rings is 1. The summed E-state index contributed by atoms with van der Waals surface area (Å²) in [6, 6.07) is 5.77. The van der Waals surface area contributed by atoms with Gasteiger partial charge in [-0.1, -0.05) is 6.07 Å². The molecule has 0 saturated carbocycles. The Balaban J connectivity index is 2.96. The summed E-state index contributed by atoms with van der Waals surface area (Å²) >= 11 is 0. The highest BCUT2D eigenvalue weighted by Gasteiger charge is 2.33. The number of carbonyl (C=O) groups is 1. The predicted molar refractivity (Wildman–Crippen MR) is 47.9 cm³/mol. The lowest BCUT2D eigenvalue weighted by Crippen LogP contribution is -2.19. The van der Waals surface area contributed by atoms with Crippen LogP contribution in [-0.2, 0) is 4.74 Å². The van der Waals surface area contributed by atoms with Gasteiger partial charge in [0.15, 0.2) is 0 Å². The maximum absolute atomic E-state index is 12.0. The van der Waals surface area contributed by atoms with Crippen molar-refractivity contribution in [2.45, 2.75) is 13.3 Å². The van der Waals surface area contributed by atoms with E-state index in [1.54, 1.807) is 6.92 Å². The van der Waals surface area contributed by atoms with Gasteiger partial charge in [-0.2, -0.15) is 0 Å². The zero-order valence-electron chi connectivity index (χ0n) is 8.30. The van der Waals surface area contributed by atoms with E-state index in [2.05, 4.69) is 15.5 Å². The predicted octanol–water partition coefficient (Wildman–Crippen LogP) is 2.56. The number of hydrogen-bond donors (Lipinski definition) is 0. The van der Waals surface area contributed by atoms with Gasteiger partial charge in [0.1, 0.15) is 11.3 Å². The topological polar surface area (TPSA) is 35.5 Å². The van der Waals surface area contributed by atoms with Crippen LogP contribution < -0.4 is 4.74 Å². The normalized spacial score (nSPS) is 11.0. The van der Waals surface area contributed by atoms with Crippen molar-refractivity contribution >= 4 is 5.97 Å². The van der Waals surface area contributed by atoms with E-state index in [-0.39, 0.29) is 12.2 Å². The summed E-state index contributed by atoms with van der Waals surface area (Å²) in [6.07, 6.45) is -4.85. The second-order valence-corrected chi connectivity index (χ2v) is 2.69. The summed E-state index contributed by atoms with van der Waals surface area (Å²) in [5.74, 6) is -1.48. The molecule has 0 atom stereocenters. The van der Waals surface area contributed by atoms with E-state index in [0.29, 0.717) is 0 Å². The van der Waals surface area contributed by atoms with Crippen LogP contribution in [0.5, 0.6) is 5.75 Å². The minimum atomic E-state index is -4.85. The van der Waals surface area contributed by atoms with Crippen molar-refractivity contribution < 1.29 is 27.4 Å². The standard InChI is InChI=1S/C10H8F3O3/c1-2-15-9(14)7-5-3-4-6-8(7)16-10(11,12)13/h3,5-6H,2H2,1H3. The van der Waals surface area contributed by atoms with Gasteiger partial charge in [0.05, 0.1) is 6.61 Å². The van der Waals surface area contributed by atoms with Crippen LogP contribution in [-0.4, -0.2) is 18.9 Å². The Morgan fingerprint density at radius 2 is 2.19 bits per heavy atom. The lowest BCUT2D eigenvalue weighted by atomic mass is 10.2. The van der Waals surface area contributed by atoms with Crippen LogP contribution in [0.3, 0.4) is 0 Å². The first-order valence-corrected chi connectivity index (χ1v) is 4.37. The fourth-order valence-corrected chi connectivity index (χ4v) is 1.00. The number of hydrogen-bond acceptors (Lipinski definition) is 3. The molecule has 16 heavy (non-hydrogen) atoms. The van der Waals surface area contributed by atoms with Crippen LogP contribution in [0.15, 0.2) is 18.2 Å². The quantitative estimate of drug-likeness (QED) is 0.752. The molecule has 0 heterocycles. The molecule has 1 aromatic carbocycles. The zero-order valence-corrected chi connectivity index (χ0v) is 8.30. The highest BCUT2D eigenvalue weighted by molar-refractivity contribution is 5.92. The molecule has 0 saturated heterocycles. The van der Waals surface area contributed by atoms with Gasteiger partial charge in [-0.15, -0.1) is 13.2 Å². The summed E-state index contributed by atoms with van der Waals surface area (Å²) in [6.45, 7) is 1.63.